The summed E-state index contributed by atoms with van der Waals surface area (Å²) in [6, 6.07) is 37.7. The zero-order chi connectivity index (χ0) is 38.3. The number of urea groups is 1. The number of nitrogens with one attached hydrogen (secondary N) is 2. The summed E-state index contributed by atoms with van der Waals surface area (Å²) in [7, 11) is 0. The van der Waals surface area contributed by atoms with Gasteiger partial charge in [0.05, 0.1) is 29.7 Å². The summed E-state index contributed by atoms with van der Waals surface area (Å²) in [5, 5.41) is 16.4. The first-order valence-electron chi connectivity index (χ1n) is 18.3. The predicted octanol–water partition coefficient (Wildman–Crippen LogP) is 6.83. The number of amides is 4. The number of nitrogens with zero attached hydrogens (tertiary/aromatic N) is 2. The highest BCUT2D eigenvalue weighted by Crippen LogP contribution is 2.65. The first-order valence-corrected chi connectivity index (χ1v) is 18.3. The van der Waals surface area contributed by atoms with Gasteiger partial charge in [-0.05, 0) is 52.9 Å². The van der Waals surface area contributed by atoms with E-state index in [1.54, 1.807) is 36.4 Å². The number of carbonyl (C=O) groups excluding carboxylic acids is 4. The minimum absolute atomic E-state index is 0.00139. The molecule has 0 unspecified atom stereocenters. The Labute approximate surface area is 319 Å². The van der Waals surface area contributed by atoms with Crippen molar-refractivity contribution in [1.29, 1.82) is 0 Å². The third-order valence-corrected chi connectivity index (χ3v) is 11.1. The summed E-state index contributed by atoms with van der Waals surface area (Å²) in [6.07, 6.45) is 0.693. The molecule has 5 aromatic carbocycles. The number of anilines is 1. The van der Waals surface area contributed by atoms with Crippen LogP contribution in [0.15, 0.2) is 152 Å². The second-order valence-corrected chi connectivity index (χ2v) is 14.1. The molecule has 0 bridgehead atoms. The minimum atomic E-state index is -1.84. The summed E-state index contributed by atoms with van der Waals surface area (Å²) in [5.74, 6) is -3.28. The number of rotatable bonds is 8. The Balaban J connectivity index is 1.39. The van der Waals surface area contributed by atoms with Gasteiger partial charge in [-0.25, -0.2) is 9.69 Å². The van der Waals surface area contributed by atoms with Crippen molar-refractivity contribution in [3.63, 3.8) is 0 Å². The Bertz CT molecular complexity index is 2250. The summed E-state index contributed by atoms with van der Waals surface area (Å²) in [4.78, 5) is 63.2. The van der Waals surface area contributed by atoms with Crippen LogP contribution >= 0.6 is 0 Å². The quantitative estimate of drug-likeness (QED) is 0.118. The Hall–Kier alpha value is -6.52. The van der Waals surface area contributed by atoms with E-state index in [1.807, 2.05) is 103 Å². The number of cyclic esters (lactones) is 1. The third-order valence-electron chi connectivity index (χ3n) is 11.1. The summed E-state index contributed by atoms with van der Waals surface area (Å²) < 4.78 is 6.42. The molecule has 0 radical (unpaired) electrons. The fraction of sp³-hybridized carbons (Fsp3) is 0.200. The van der Waals surface area contributed by atoms with Crippen LogP contribution in [-0.2, 0) is 24.5 Å². The van der Waals surface area contributed by atoms with E-state index in [1.165, 1.54) is 18.2 Å². The van der Waals surface area contributed by atoms with Gasteiger partial charge < -0.3 is 20.5 Å². The van der Waals surface area contributed by atoms with Crippen molar-refractivity contribution in [3.8, 4) is 5.75 Å². The normalized spacial score (nSPS) is 24.7. The van der Waals surface area contributed by atoms with Crippen molar-refractivity contribution in [3.05, 3.63) is 180 Å². The van der Waals surface area contributed by atoms with Gasteiger partial charge in [0.25, 0.3) is 0 Å². The predicted molar refractivity (Wildman–Crippen MR) is 207 cm³/mol. The largest absolute Gasteiger partial charge is 0.508 e. The molecule has 2 saturated heterocycles. The molecule has 10 nitrogen and oxygen atoms in total. The molecule has 5 aromatic rings. The van der Waals surface area contributed by atoms with Crippen molar-refractivity contribution in [2.45, 2.75) is 42.6 Å². The topological polar surface area (TPSA) is 128 Å². The summed E-state index contributed by atoms with van der Waals surface area (Å²) >= 11 is 0. The minimum Gasteiger partial charge on any atom is -0.508 e. The summed E-state index contributed by atoms with van der Waals surface area (Å²) in [6.45, 7) is 5.68. The van der Waals surface area contributed by atoms with Crippen molar-refractivity contribution in [1.82, 2.24) is 15.5 Å². The van der Waals surface area contributed by atoms with E-state index in [4.69, 9.17) is 4.74 Å². The van der Waals surface area contributed by atoms with Crippen LogP contribution in [0.2, 0.25) is 0 Å². The van der Waals surface area contributed by atoms with E-state index >= 15 is 4.79 Å². The van der Waals surface area contributed by atoms with E-state index in [0.717, 1.165) is 21.6 Å². The molecule has 0 saturated carbocycles. The van der Waals surface area contributed by atoms with Gasteiger partial charge in [-0.1, -0.05) is 127 Å². The highest BCUT2D eigenvalue weighted by atomic mass is 16.6. The maximum atomic E-state index is 15.9. The van der Waals surface area contributed by atoms with E-state index in [2.05, 4.69) is 17.2 Å². The Morgan fingerprint density at radius 3 is 2.05 bits per heavy atom. The average Bonchev–Trinajstić information content (AvgIpc) is 3.67. The molecule has 7 atom stereocenters. The molecule has 0 aliphatic carbocycles. The van der Waals surface area contributed by atoms with E-state index in [9.17, 15) is 19.5 Å². The molecule has 3 aliphatic heterocycles. The number of esters is 1. The maximum Gasteiger partial charge on any atom is 0.329 e. The molecule has 8 rings (SSSR count). The standard InChI is InChI=1S/C45H40N4O6/c1-3-27-46-41(51)36-38-42(52)55-39(31-19-11-6-12-20-31)37(30-17-9-5-10-18-30)49(38)40(32-23-25-33(50)26-24-32)45(36)34-21-13-14-22-35(34)48(43(45)53)44(54)47-28(2)29-15-7-4-8-16-29/h3-26,28,36-40,50H,1,27H2,2H3,(H,46,51)(H,47,54)/t28-,36+,37+,38+,39-,40-,45+/m1/s1. The number of phenols is 1. The number of imide groups is 1. The number of para-hydroxylation sites is 1. The molecular formula is C45H40N4O6. The summed E-state index contributed by atoms with van der Waals surface area (Å²) in [5.41, 5.74) is 1.82. The van der Waals surface area contributed by atoms with Crippen LogP contribution in [0, 0.1) is 5.92 Å². The fourth-order valence-corrected chi connectivity index (χ4v) is 8.88. The first-order chi connectivity index (χ1) is 26.8. The second kappa shape index (κ2) is 14.4. The number of carbonyl (C=O) groups is 4. The number of hydrogen-bond donors (Lipinski definition) is 3. The monoisotopic (exact) mass is 732 g/mol. The number of aromatic hydroxyl groups is 1. The molecule has 10 heteroatoms. The number of morpholine rings is 1. The van der Waals surface area contributed by atoms with Gasteiger partial charge >= 0.3 is 12.0 Å². The molecule has 3 aliphatic rings. The van der Waals surface area contributed by atoms with Crippen molar-refractivity contribution in [2.24, 2.45) is 5.92 Å². The van der Waals surface area contributed by atoms with Gasteiger partial charge in [0.2, 0.25) is 11.8 Å². The van der Waals surface area contributed by atoms with E-state index in [-0.39, 0.29) is 12.3 Å². The molecule has 0 aromatic heterocycles. The number of phenolic OH excluding ortho intramolecular Hbond substituents is 1. The van der Waals surface area contributed by atoms with Gasteiger partial charge in [0, 0.05) is 6.54 Å². The lowest BCUT2D eigenvalue weighted by Crippen LogP contribution is -2.56. The third kappa shape index (κ3) is 5.77. The van der Waals surface area contributed by atoms with Crippen LogP contribution in [-0.4, -0.2) is 46.4 Å². The lowest BCUT2D eigenvalue weighted by atomic mass is 9.65. The van der Waals surface area contributed by atoms with Gasteiger partial charge in [0.15, 0.2) is 0 Å². The average molecular weight is 733 g/mol. The highest BCUT2D eigenvalue weighted by molar-refractivity contribution is 6.24. The lowest BCUT2D eigenvalue weighted by Gasteiger charge is -2.46. The SMILES string of the molecule is C=CCNC(=O)[C@@H]1[C@H]2C(=O)O[C@H](c3ccccc3)[C@H](c3ccccc3)N2[C@H](c2ccc(O)cc2)[C@@]12C(=O)N(C(=O)N[C@H](C)c1ccccc1)c1ccccc12. The zero-order valence-corrected chi connectivity index (χ0v) is 30.1. The lowest BCUT2D eigenvalue weighted by molar-refractivity contribution is -0.178. The fourth-order valence-electron chi connectivity index (χ4n) is 8.88. The Morgan fingerprint density at radius 1 is 0.800 bits per heavy atom. The first kappa shape index (κ1) is 35.5. The van der Waals surface area contributed by atoms with Gasteiger partial charge in [0.1, 0.15) is 23.3 Å². The van der Waals surface area contributed by atoms with Gasteiger partial charge in [-0.2, -0.15) is 0 Å². The molecule has 3 heterocycles. The van der Waals surface area contributed by atoms with Gasteiger partial charge in [-0.3, -0.25) is 19.3 Å². The number of ether oxygens (including phenoxy) is 1. The number of hydrogen-bond acceptors (Lipinski definition) is 7. The highest BCUT2D eigenvalue weighted by Gasteiger charge is 2.75. The molecule has 2 fully saturated rings. The molecule has 1 spiro atoms. The number of fused-ring (bicyclic) bond motifs is 3. The number of benzene rings is 5. The zero-order valence-electron chi connectivity index (χ0n) is 30.1. The van der Waals surface area contributed by atoms with Crippen LogP contribution in [0.25, 0.3) is 0 Å². The van der Waals surface area contributed by atoms with E-state index in [0.29, 0.717) is 16.8 Å². The molecular weight excluding hydrogens is 693 g/mol. The molecule has 276 valence electrons. The van der Waals surface area contributed by atoms with Crippen molar-refractivity contribution in [2.75, 3.05) is 11.4 Å². The van der Waals surface area contributed by atoms with Crippen LogP contribution in [0.4, 0.5) is 10.5 Å². The van der Waals surface area contributed by atoms with Crippen LogP contribution in [0.5, 0.6) is 5.75 Å². The molecule has 55 heavy (non-hydrogen) atoms. The van der Waals surface area contributed by atoms with Crippen LogP contribution in [0.1, 0.15) is 59.0 Å². The van der Waals surface area contributed by atoms with Gasteiger partial charge in [-0.15, -0.1) is 6.58 Å². The van der Waals surface area contributed by atoms with Crippen LogP contribution < -0.4 is 15.5 Å². The van der Waals surface area contributed by atoms with Crippen molar-refractivity contribution < 1.29 is 29.0 Å². The van der Waals surface area contributed by atoms with Crippen LogP contribution in [0.3, 0.4) is 0 Å². The maximum absolute atomic E-state index is 15.9. The molecule has 4 amide bonds. The molecule has 3 N–H and O–H groups in total. The second-order valence-electron chi connectivity index (χ2n) is 14.1. The Kier molecular flexibility index (Phi) is 9.28. The van der Waals surface area contributed by atoms with E-state index < -0.39 is 65.4 Å². The van der Waals surface area contributed by atoms with Crippen molar-refractivity contribution >= 4 is 29.5 Å². The Morgan fingerprint density at radius 2 is 1.40 bits per heavy atom. The smallest absolute Gasteiger partial charge is 0.329 e.